The van der Waals surface area contributed by atoms with Crippen LogP contribution in [-0.4, -0.2) is 24.4 Å². The van der Waals surface area contributed by atoms with E-state index < -0.39 is 5.54 Å². The molecule has 3 heteroatoms. The molecule has 1 rings (SSSR count). The van der Waals surface area contributed by atoms with Gasteiger partial charge in [-0.1, -0.05) is 17.7 Å². The molecule has 0 aliphatic carbocycles. The molecular weight excluding hydrogens is 190 g/mol. The molecule has 1 unspecified atom stereocenters. The van der Waals surface area contributed by atoms with Crippen LogP contribution in [0.5, 0.6) is 5.75 Å². The topological polar surface area (TPSA) is 55.5 Å². The van der Waals surface area contributed by atoms with Crippen molar-refractivity contribution in [2.24, 2.45) is 5.73 Å². The summed E-state index contributed by atoms with van der Waals surface area (Å²) in [7, 11) is 1.64. The monoisotopic (exact) mass is 209 g/mol. The van der Waals surface area contributed by atoms with Gasteiger partial charge in [-0.05, 0) is 31.9 Å². The molecule has 0 aliphatic heterocycles. The van der Waals surface area contributed by atoms with Gasteiger partial charge in [-0.25, -0.2) is 0 Å². The summed E-state index contributed by atoms with van der Waals surface area (Å²) in [4.78, 5) is 0. The smallest absolute Gasteiger partial charge is 0.122 e. The van der Waals surface area contributed by atoms with Crippen molar-refractivity contribution < 1.29 is 9.84 Å². The number of nitrogens with two attached hydrogens (primary N) is 1. The van der Waals surface area contributed by atoms with Crippen molar-refractivity contribution in [3.8, 4) is 5.75 Å². The molecule has 1 aromatic carbocycles. The Labute approximate surface area is 90.9 Å². The lowest BCUT2D eigenvalue weighted by Gasteiger charge is -2.23. The quantitative estimate of drug-likeness (QED) is 0.784. The van der Waals surface area contributed by atoms with Gasteiger partial charge in [0.2, 0.25) is 0 Å². The molecule has 0 spiro atoms. The molecule has 0 fully saturated rings. The van der Waals surface area contributed by atoms with E-state index in [0.29, 0.717) is 6.42 Å². The van der Waals surface area contributed by atoms with Crippen molar-refractivity contribution >= 4 is 0 Å². The first kappa shape index (κ1) is 12.0. The highest BCUT2D eigenvalue weighted by molar-refractivity contribution is 5.37. The second-order valence-corrected chi connectivity index (χ2v) is 4.30. The number of aryl methyl sites for hydroxylation is 1. The van der Waals surface area contributed by atoms with E-state index in [-0.39, 0.29) is 6.61 Å². The van der Waals surface area contributed by atoms with Crippen LogP contribution in [0.15, 0.2) is 18.2 Å². The summed E-state index contributed by atoms with van der Waals surface area (Å²) in [5.74, 6) is 0.825. The van der Waals surface area contributed by atoms with E-state index in [0.717, 1.165) is 11.3 Å². The van der Waals surface area contributed by atoms with E-state index in [1.54, 1.807) is 7.11 Å². The van der Waals surface area contributed by atoms with Crippen molar-refractivity contribution in [3.63, 3.8) is 0 Å². The van der Waals surface area contributed by atoms with Crippen LogP contribution in [0.25, 0.3) is 0 Å². The Bertz CT molecular complexity index is 334. The van der Waals surface area contributed by atoms with E-state index in [1.807, 2.05) is 32.0 Å². The molecule has 15 heavy (non-hydrogen) atoms. The molecule has 3 nitrogen and oxygen atoms in total. The van der Waals surface area contributed by atoms with E-state index >= 15 is 0 Å². The Morgan fingerprint density at radius 1 is 1.47 bits per heavy atom. The Balaban J connectivity index is 2.97. The van der Waals surface area contributed by atoms with Gasteiger partial charge in [0.05, 0.1) is 13.7 Å². The summed E-state index contributed by atoms with van der Waals surface area (Å²) in [5.41, 5.74) is 7.52. The van der Waals surface area contributed by atoms with Gasteiger partial charge in [0.15, 0.2) is 0 Å². The van der Waals surface area contributed by atoms with Crippen LogP contribution in [0, 0.1) is 6.92 Å². The van der Waals surface area contributed by atoms with Gasteiger partial charge >= 0.3 is 0 Å². The van der Waals surface area contributed by atoms with Crippen LogP contribution in [0.4, 0.5) is 0 Å². The Morgan fingerprint density at radius 3 is 2.67 bits per heavy atom. The van der Waals surface area contributed by atoms with Gasteiger partial charge in [0.25, 0.3) is 0 Å². The van der Waals surface area contributed by atoms with Gasteiger partial charge < -0.3 is 15.6 Å². The molecule has 3 N–H and O–H groups in total. The summed E-state index contributed by atoms with van der Waals surface area (Å²) in [5, 5.41) is 9.12. The lowest BCUT2D eigenvalue weighted by Crippen LogP contribution is -2.42. The molecule has 0 aliphatic rings. The summed E-state index contributed by atoms with van der Waals surface area (Å²) in [6.07, 6.45) is 0.606. The number of hydrogen-bond acceptors (Lipinski definition) is 3. The molecule has 0 bridgehead atoms. The van der Waals surface area contributed by atoms with Crippen LogP contribution in [0.2, 0.25) is 0 Å². The summed E-state index contributed by atoms with van der Waals surface area (Å²) < 4.78 is 5.25. The number of aliphatic hydroxyl groups is 1. The fraction of sp³-hybridized carbons (Fsp3) is 0.500. The van der Waals surface area contributed by atoms with Crippen LogP contribution >= 0.6 is 0 Å². The zero-order chi connectivity index (χ0) is 11.5. The highest BCUT2D eigenvalue weighted by Crippen LogP contribution is 2.23. The van der Waals surface area contributed by atoms with Crippen LogP contribution < -0.4 is 10.5 Å². The molecule has 0 heterocycles. The normalized spacial score (nSPS) is 14.7. The van der Waals surface area contributed by atoms with E-state index in [4.69, 9.17) is 15.6 Å². The molecule has 1 atom stereocenters. The zero-order valence-electron chi connectivity index (χ0n) is 9.58. The predicted molar refractivity (Wildman–Crippen MR) is 61.1 cm³/mol. The fourth-order valence-electron chi connectivity index (χ4n) is 1.54. The van der Waals surface area contributed by atoms with Gasteiger partial charge in [-0.15, -0.1) is 0 Å². The third-order valence-electron chi connectivity index (χ3n) is 2.39. The largest absolute Gasteiger partial charge is 0.496 e. The Morgan fingerprint density at radius 2 is 2.13 bits per heavy atom. The molecule has 0 amide bonds. The van der Waals surface area contributed by atoms with Crippen LogP contribution in [0.3, 0.4) is 0 Å². The first-order valence-corrected chi connectivity index (χ1v) is 5.02. The number of ether oxygens (including phenoxy) is 1. The van der Waals surface area contributed by atoms with Gasteiger partial charge in [-0.3, -0.25) is 0 Å². The first-order chi connectivity index (χ1) is 6.98. The number of rotatable bonds is 4. The second-order valence-electron chi connectivity index (χ2n) is 4.30. The molecule has 0 radical (unpaired) electrons. The first-order valence-electron chi connectivity index (χ1n) is 5.02. The second kappa shape index (κ2) is 4.64. The average Bonchev–Trinajstić information content (AvgIpc) is 2.18. The third kappa shape index (κ3) is 3.22. The Hall–Kier alpha value is -1.06. The van der Waals surface area contributed by atoms with Crippen LogP contribution in [0.1, 0.15) is 18.1 Å². The highest BCUT2D eigenvalue weighted by Gasteiger charge is 2.19. The molecule has 0 saturated heterocycles. The van der Waals surface area contributed by atoms with Crippen molar-refractivity contribution in [2.45, 2.75) is 25.8 Å². The molecule has 0 aromatic heterocycles. The highest BCUT2D eigenvalue weighted by atomic mass is 16.5. The van der Waals surface area contributed by atoms with E-state index in [9.17, 15) is 0 Å². The zero-order valence-corrected chi connectivity index (χ0v) is 9.58. The van der Waals surface area contributed by atoms with Crippen molar-refractivity contribution in [1.29, 1.82) is 0 Å². The predicted octanol–water partition coefficient (Wildman–Crippen LogP) is 1.26. The standard InChI is InChI=1S/C12H19NO2/c1-9-4-5-11(15-3)10(6-9)7-12(2,13)8-14/h4-6,14H,7-8,13H2,1-3H3. The minimum absolute atomic E-state index is 0.0376. The van der Waals surface area contributed by atoms with E-state index in [1.165, 1.54) is 5.56 Å². The Kier molecular flexibility index (Phi) is 3.72. The maximum Gasteiger partial charge on any atom is 0.122 e. The number of benzene rings is 1. The third-order valence-corrected chi connectivity index (χ3v) is 2.39. The molecular formula is C12H19NO2. The minimum Gasteiger partial charge on any atom is -0.496 e. The van der Waals surface area contributed by atoms with Gasteiger partial charge in [-0.2, -0.15) is 0 Å². The van der Waals surface area contributed by atoms with Gasteiger partial charge in [0, 0.05) is 5.54 Å². The summed E-state index contributed by atoms with van der Waals surface area (Å²) in [6.45, 7) is 3.81. The SMILES string of the molecule is COc1ccc(C)cc1CC(C)(N)CO. The van der Waals surface area contributed by atoms with Crippen molar-refractivity contribution in [3.05, 3.63) is 29.3 Å². The lowest BCUT2D eigenvalue weighted by atomic mass is 9.93. The lowest BCUT2D eigenvalue weighted by molar-refractivity contribution is 0.207. The molecule has 84 valence electrons. The number of hydrogen-bond donors (Lipinski definition) is 2. The molecule has 1 aromatic rings. The maximum atomic E-state index is 9.12. The fourth-order valence-corrected chi connectivity index (χ4v) is 1.54. The average molecular weight is 209 g/mol. The van der Waals surface area contributed by atoms with Gasteiger partial charge in [0.1, 0.15) is 5.75 Å². The molecule has 0 saturated carbocycles. The maximum absolute atomic E-state index is 9.12. The number of methoxy groups -OCH3 is 1. The van der Waals surface area contributed by atoms with Crippen molar-refractivity contribution in [1.82, 2.24) is 0 Å². The van der Waals surface area contributed by atoms with E-state index in [2.05, 4.69) is 0 Å². The summed E-state index contributed by atoms with van der Waals surface area (Å²) in [6, 6.07) is 5.97. The minimum atomic E-state index is -0.596. The number of aliphatic hydroxyl groups excluding tert-OH is 1. The summed E-state index contributed by atoms with van der Waals surface area (Å²) >= 11 is 0. The van der Waals surface area contributed by atoms with Crippen LogP contribution in [-0.2, 0) is 6.42 Å². The van der Waals surface area contributed by atoms with Crippen molar-refractivity contribution in [2.75, 3.05) is 13.7 Å².